The summed E-state index contributed by atoms with van der Waals surface area (Å²) in [5.41, 5.74) is 5.05. The van der Waals surface area contributed by atoms with Gasteiger partial charge in [-0.3, -0.25) is 9.36 Å². The molecular weight excluding hydrogens is 545 g/mol. The third-order valence-electron chi connectivity index (χ3n) is 4.43. The fourth-order valence-electron chi connectivity index (χ4n) is 2.89. The van der Waals surface area contributed by atoms with E-state index < -0.39 is 0 Å². The number of amides is 1. The molecule has 1 aromatic heterocycles. The molecule has 10 heteroatoms. The van der Waals surface area contributed by atoms with E-state index in [0.717, 1.165) is 21.3 Å². The molecule has 0 unspecified atom stereocenters. The number of benzene rings is 3. The van der Waals surface area contributed by atoms with E-state index in [9.17, 15) is 4.79 Å². The van der Waals surface area contributed by atoms with E-state index in [1.54, 1.807) is 18.2 Å². The number of hydrazone groups is 1. The summed E-state index contributed by atoms with van der Waals surface area (Å²) < 4.78 is 2.91. The van der Waals surface area contributed by atoms with Crippen LogP contribution in [0.3, 0.4) is 0 Å². The van der Waals surface area contributed by atoms with Gasteiger partial charge in [-0.25, -0.2) is 5.43 Å². The third kappa shape index (κ3) is 6.03. The Morgan fingerprint density at radius 1 is 1.03 bits per heavy atom. The fraction of sp³-hybridized carbons (Fsp3) is 0.0435. The molecule has 166 valence electrons. The van der Waals surface area contributed by atoms with Gasteiger partial charge >= 0.3 is 0 Å². The number of hydrogen-bond donors (Lipinski definition) is 1. The van der Waals surface area contributed by atoms with E-state index in [-0.39, 0.29) is 11.7 Å². The maximum atomic E-state index is 12.3. The number of thioether (sulfide) groups is 1. The molecule has 1 amide bonds. The summed E-state index contributed by atoms with van der Waals surface area (Å²) in [7, 11) is 0. The quantitative estimate of drug-likeness (QED) is 0.165. The van der Waals surface area contributed by atoms with Crippen LogP contribution in [0.5, 0.6) is 0 Å². The molecule has 0 radical (unpaired) electrons. The number of nitrogens with one attached hydrogen (secondary N) is 1. The van der Waals surface area contributed by atoms with Crippen LogP contribution in [0.4, 0.5) is 0 Å². The van der Waals surface area contributed by atoms with Crippen molar-refractivity contribution >= 4 is 63.0 Å². The zero-order valence-electron chi connectivity index (χ0n) is 17.0. The van der Waals surface area contributed by atoms with Gasteiger partial charge in [0.2, 0.25) is 0 Å². The van der Waals surface area contributed by atoms with Gasteiger partial charge in [-0.15, -0.1) is 10.2 Å². The van der Waals surface area contributed by atoms with E-state index in [1.165, 1.54) is 18.0 Å². The number of carbonyl (C=O) groups excluding carboxylic acids is 1. The van der Waals surface area contributed by atoms with Crippen LogP contribution in [0.25, 0.3) is 17.1 Å². The summed E-state index contributed by atoms with van der Waals surface area (Å²) in [5.74, 6) is 0.530. The normalized spacial score (nSPS) is 11.1. The molecule has 0 atom stereocenters. The van der Waals surface area contributed by atoms with Gasteiger partial charge < -0.3 is 0 Å². The minimum Gasteiger partial charge on any atom is -0.272 e. The Kier molecular flexibility index (Phi) is 7.82. The highest BCUT2D eigenvalue weighted by molar-refractivity contribution is 9.10. The Hall–Kier alpha value is -2.65. The van der Waals surface area contributed by atoms with Gasteiger partial charge in [-0.05, 0) is 42.0 Å². The van der Waals surface area contributed by atoms with E-state index in [4.69, 9.17) is 23.2 Å². The lowest BCUT2D eigenvalue weighted by Crippen LogP contribution is -2.20. The van der Waals surface area contributed by atoms with Crippen molar-refractivity contribution in [3.8, 4) is 17.1 Å². The second kappa shape index (κ2) is 11.0. The van der Waals surface area contributed by atoms with E-state index >= 15 is 0 Å². The average molecular weight is 561 g/mol. The van der Waals surface area contributed by atoms with Gasteiger partial charge in [-0.2, -0.15) is 5.10 Å². The van der Waals surface area contributed by atoms with Crippen LogP contribution >= 0.6 is 50.9 Å². The van der Waals surface area contributed by atoms with Gasteiger partial charge in [-0.1, -0.05) is 87.3 Å². The molecule has 0 fully saturated rings. The summed E-state index contributed by atoms with van der Waals surface area (Å²) in [6.07, 6.45) is 1.50. The molecular formula is C23H16BrCl2N5OS. The molecule has 0 aliphatic heterocycles. The summed E-state index contributed by atoms with van der Waals surface area (Å²) in [5, 5.41) is 14.2. The predicted octanol–water partition coefficient (Wildman–Crippen LogP) is 6.25. The van der Waals surface area contributed by atoms with Crippen molar-refractivity contribution in [3.05, 3.63) is 92.9 Å². The SMILES string of the molecule is O=C(CSc1nnc(-c2ccc(Br)cc2)n1-c1ccccc1)N/N=C\c1ccc(Cl)c(Cl)c1. The zero-order chi connectivity index (χ0) is 23.2. The van der Waals surface area contributed by atoms with Crippen LogP contribution in [-0.2, 0) is 4.79 Å². The molecule has 33 heavy (non-hydrogen) atoms. The van der Waals surface area contributed by atoms with E-state index in [2.05, 4.69) is 36.7 Å². The first-order chi connectivity index (χ1) is 16.0. The standard InChI is InChI=1S/C23H16BrCl2N5OS/c24-17-9-7-16(8-10-17)22-29-30-23(31(22)18-4-2-1-3-5-18)33-14-21(32)28-27-13-15-6-11-19(25)20(26)12-15/h1-13H,14H2,(H,28,32)/b27-13-. The fourth-order valence-corrected chi connectivity index (χ4v) is 4.21. The number of hydrogen-bond acceptors (Lipinski definition) is 5. The first-order valence-electron chi connectivity index (χ1n) is 9.68. The highest BCUT2D eigenvalue weighted by Gasteiger charge is 2.17. The Labute approximate surface area is 213 Å². The first-order valence-corrected chi connectivity index (χ1v) is 12.2. The number of aromatic nitrogens is 3. The topological polar surface area (TPSA) is 72.2 Å². The largest absolute Gasteiger partial charge is 0.272 e. The van der Waals surface area contributed by atoms with Gasteiger partial charge in [0, 0.05) is 15.7 Å². The monoisotopic (exact) mass is 559 g/mol. The zero-order valence-corrected chi connectivity index (χ0v) is 20.9. The van der Waals surface area contributed by atoms with Gasteiger partial charge in [0.05, 0.1) is 22.0 Å². The van der Waals surface area contributed by atoms with Crippen molar-refractivity contribution in [1.29, 1.82) is 0 Å². The Morgan fingerprint density at radius 2 is 1.79 bits per heavy atom. The molecule has 0 saturated heterocycles. The van der Waals surface area contributed by atoms with Crippen LogP contribution < -0.4 is 5.43 Å². The average Bonchev–Trinajstić information content (AvgIpc) is 3.25. The molecule has 1 N–H and O–H groups in total. The lowest BCUT2D eigenvalue weighted by molar-refractivity contribution is -0.118. The minimum atomic E-state index is -0.274. The Bertz CT molecular complexity index is 1300. The van der Waals surface area contributed by atoms with Crippen LogP contribution in [0, 0.1) is 0 Å². The summed E-state index contributed by atoms with van der Waals surface area (Å²) in [6, 6.07) is 22.7. The summed E-state index contributed by atoms with van der Waals surface area (Å²) in [4.78, 5) is 12.3. The number of nitrogens with zero attached hydrogens (tertiary/aromatic N) is 4. The maximum Gasteiger partial charge on any atom is 0.250 e. The molecule has 1 heterocycles. The lowest BCUT2D eigenvalue weighted by atomic mass is 10.2. The molecule has 0 spiro atoms. The molecule has 0 aliphatic rings. The highest BCUT2D eigenvalue weighted by atomic mass is 79.9. The summed E-state index contributed by atoms with van der Waals surface area (Å²) in [6.45, 7) is 0. The number of para-hydroxylation sites is 1. The van der Waals surface area contributed by atoms with E-state index in [1.807, 2.05) is 59.2 Å². The van der Waals surface area contributed by atoms with Gasteiger partial charge in [0.15, 0.2) is 11.0 Å². The molecule has 0 saturated carbocycles. The maximum absolute atomic E-state index is 12.3. The second-order valence-electron chi connectivity index (χ2n) is 6.74. The van der Waals surface area contributed by atoms with Gasteiger partial charge in [0.1, 0.15) is 0 Å². The predicted molar refractivity (Wildman–Crippen MR) is 137 cm³/mol. The molecule has 0 bridgehead atoms. The number of rotatable bonds is 7. The van der Waals surface area contributed by atoms with Crippen molar-refractivity contribution in [1.82, 2.24) is 20.2 Å². The smallest absolute Gasteiger partial charge is 0.250 e. The molecule has 4 rings (SSSR count). The van der Waals surface area contributed by atoms with Crippen LogP contribution in [0.1, 0.15) is 5.56 Å². The number of carbonyl (C=O) groups is 1. The first kappa shape index (κ1) is 23.5. The highest BCUT2D eigenvalue weighted by Crippen LogP contribution is 2.28. The van der Waals surface area contributed by atoms with E-state index in [0.29, 0.717) is 21.0 Å². The summed E-state index contributed by atoms with van der Waals surface area (Å²) >= 11 is 16.6. The van der Waals surface area contributed by atoms with Crippen LogP contribution in [0.15, 0.2) is 87.5 Å². The van der Waals surface area contributed by atoms with Crippen LogP contribution in [-0.4, -0.2) is 32.6 Å². The molecule has 0 aliphatic carbocycles. The second-order valence-corrected chi connectivity index (χ2v) is 9.41. The van der Waals surface area contributed by atoms with Crippen molar-refractivity contribution in [3.63, 3.8) is 0 Å². The minimum absolute atomic E-state index is 0.115. The molecule has 4 aromatic rings. The van der Waals surface area contributed by atoms with Crippen molar-refractivity contribution in [2.24, 2.45) is 5.10 Å². The number of halogens is 3. The lowest BCUT2D eigenvalue weighted by Gasteiger charge is -2.10. The van der Waals surface area contributed by atoms with Crippen molar-refractivity contribution < 1.29 is 4.79 Å². The Morgan fingerprint density at radius 3 is 2.52 bits per heavy atom. The molecule has 3 aromatic carbocycles. The Balaban J connectivity index is 1.48. The van der Waals surface area contributed by atoms with Crippen molar-refractivity contribution in [2.75, 3.05) is 5.75 Å². The van der Waals surface area contributed by atoms with Gasteiger partial charge in [0.25, 0.3) is 5.91 Å². The molecule has 6 nitrogen and oxygen atoms in total. The van der Waals surface area contributed by atoms with Crippen LogP contribution in [0.2, 0.25) is 10.0 Å². The third-order valence-corrected chi connectivity index (χ3v) is 6.63. The van der Waals surface area contributed by atoms with Crippen molar-refractivity contribution in [2.45, 2.75) is 5.16 Å².